The van der Waals surface area contributed by atoms with Crippen LogP contribution in [0.15, 0.2) is 12.2 Å². The van der Waals surface area contributed by atoms with E-state index >= 15 is 0 Å². The van der Waals surface area contributed by atoms with Crippen molar-refractivity contribution < 1.29 is 38.2 Å². The number of carbonyl (C=O) groups is 3. The number of ether oxygens (including phenoxy) is 3. The number of unbranched alkanes of at least 4 members (excludes halogenated alkanes) is 32. The number of hydrogen-bond acceptors (Lipinski definition) is 7. The first-order valence-corrected chi connectivity index (χ1v) is 26.2. The number of rotatable bonds is 48. The van der Waals surface area contributed by atoms with Crippen LogP contribution in [0.25, 0.3) is 0 Å². The third-order valence-corrected chi connectivity index (χ3v) is 12.2. The lowest BCUT2D eigenvalue weighted by Gasteiger charge is -2.34. The number of hydrogen-bond donors (Lipinski definition) is 0. The van der Waals surface area contributed by atoms with Crippen LogP contribution in [0, 0.1) is 0 Å². The highest BCUT2D eigenvalue weighted by molar-refractivity contribution is 5.70. The Morgan fingerprint density at radius 3 is 1.20 bits per heavy atom. The molecule has 0 aliphatic carbocycles. The minimum atomic E-state index is -1.12. The predicted octanol–water partition coefficient (Wildman–Crippen LogP) is 13.7. The van der Waals surface area contributed by atoms with Crippen LogP contribution in [0.5, 0.6) is 0 Å². The maximum Gasteiger partial charge on any atom is 0.306 e. The van der Waals surface area contributed by atoms with Gasteiger partial charge in [0.2, 0.25) is 0 Å². The molecule has 360 valence electrons. The van der Waals surface area contributed by atoms with Crippen LogP contribution in [0.1, 0.15) is 258 Å². The Kier molecular flexibility index (Phi) is 43.3. The van der Waals surface area contributed by atoms with Crippen molar-refractivity contribution >= 4 is 17.9 Å². The van der Waals surface area contributed by atoms with Gasteiger partial charge in [-0.05, 0) is 38.5 Å². The van der Waals surface area contributed by atoms with Crippen LogP contribution in [0.2, 0.25) is 0 Å². The van der Waals surface area contributed by atoms with Gasteiger partial charge in [-0.25, -0.2) is 0 Å². The molecule has 0 amide bonds. The Morgan fingerprint density at radius 2 is 0.820 bits per heavy atom. The zero-order chi connectivity index (χ0) is 44.9. The van der Waals surface area contributed by atoms with Crippen molar-refractivity contribution in [1.82, 2.24) is 0 Å². The lowest BCUT2D eigenvalue weighted by atomic mass is 10.0. The Balaban J connectivity index is 4.15. The van der Waals surface area contributed by atoms with Gasteiger partial charge in [0.25, 0.3) is 0 Å². The van der Waals surface area contributed by atoms with E-state index < -0.39 is 18.1 Å². The fraction of sp³-hybridized carbons (Fsp3) is 0.906. The molecular weight excluding hydrogens is 763 g/mol. The summed E-state index contributed by atoms with van der Waals surface area (Å²) in [7, 11) is 5.42. The smallest absolute Gasteiger partial charge is 0.306 e. The number of aliphatic carboxylic acids is 1. The molecule has 0 saturated heterocycles. The van der Waals surface area contributed by atoms with Crippen molar-refractivity contribution in [3.8, 4) is 0 Å². The van der Waals surface area contributed by atoms with E-state index in [1.165, 1.54) is 186 Å². The van der Waals surface area contributed by atoms with Crippen molar-refractivity contribution in [3.63, 3.8) is 0 Å². The van der Waals surface area contributed by atoms with Crippen molar-refractivity contribution in [2.75, 3.05) is 41.0 Å². The first kappa shape index (κ1) is 59.1. The van der Waals surface area contributed by atoms with E-state index in [4.69, 9.17) is 14.2 Å². The second-order valence-electron chi connectivity index (χ2n) is 19.1. The number of nitrogens with zero attached hydrogens (tertiary/aromatic N) is 1. The van der Waals surface area contributed by atoms with E-state index in [0.717, 1.165) is 38.5 Å². The number of likely N-dealkylation sites (N-methyl/N-ethyl adjacent to an activating group) is 1. The number of esters is 2. The van der Waals surface area contributed by atoms with Gasteiger partial charge in [-0.2, -0.15) is 0 Å². The third kappa shape index (κ3) is 43.1. The summed E-state index contributed by atoms with van der Waals surface area (Å²) in [6, 6.07) is -0.723. The lowest BCUT2D eigenvalue weighted by molar-refractivity contribution is -0.889. The first-order valence-electron chi connectivity index (χ1n) is 26.2. The van der Waals surface area contributed by atoms with Crippen molar-refractivity contribution in [2.24, 2.45) is 0 Å². The zero-order valence-corrected chi connectivity index (χ0v) is 41.1. The van der Waals surface area contributed by atoms with Crippen LogP contribution in [-0.4, -0.2) is 75.5 Å². The molecule has 2 unspecified atom stereocenters. The third-order valence-electron chi connectivity index (χ3n) is 12.2. The van der Waals surface area contributed by atoms with Crippen LogP contribution in [0.3, 0.4) is 0 Å². The van der Waals surface area contributed by atoms with E-state index in [1.54, 1.807) is 0 Å². The first-order chi connectivity index (χ1) is 29.6. The fourth-order valence-corrected chi connectivity index (χ4v) is 8.07. The van der Waals surface area contributed by atoms with Crippen LogP contribution in [0.4, 0.5) is 0 Å². The number of allylic oxidation sites excluding steroid dienone is 2. The highest BCUT2D eigenvalue weighted by atomic mass is 16.6. The summed E-state index contributed by atoms with van der Waals surface area (Å²) < 4.78 is 17.3. The Hall–Kier alpha value is -1.93. The Morgan fingerprint density at radius 1 is 0.475 bits per heavy atom. The average Bonchev–Trinajstić information content (AvgIpc) is 3.22. The lowest BCUT2D eigenvalue weighted by Crippen LogP contribution is -2.55. The molecule has 0 rings (SSSR count). The van der Waals surface area contributed by atoms with E-state index in [-0.39, 0.29) is 42.7 Å². The fourth-order valence-electron chi connectivity index (χ4n) is 8.07. The average molecular weight is 864 g/mol. The monoisotopic (exact) mass is 864 g/mol. The zero-order valence-electron chi connectivity index (χ0n) is 41.1. The Labute approximate surface area is 378 Å². The summed E-state index contributed by atoms with van der Waals surface area (Å²) in [5.41, 5.74) is 0. The number of carbonyl (C=O) groups excluding carboxylic acids is 3. The number of carboxylic acid groups (broad SMARTS) is 1. The SMILES string of the molecule is CCCCCC/C=C/CCCCCCCCCC(=O)OC(COCCC(C(=O)[O-])[N+](C)(C)C)COC(=O)CCCCCCCCCCCCCCCCCCCCCCCC. The molecule has 0 spiro atoms. The van der Waals surface area contributed by atoms with E-state index in [0.29, 0.717) is 12.8 Å². The van der Waals surface area contributed by atoms with Crippen molar-refractivity contribution in [3.05, 3.63) is 12.2 Å². The van der Waals surface area contributed by atoms with Gasteiger partial charge in [0, 0.05) is 19.3 Å². The summed E-state index contributed by atoms with van der Waals surface area (Å²) >= 11 is 0. The normalized spacial score (nSPS) is 12.9. The standard InChI is InChI=1S/C53H101NO7/c1-6-8-10-12-14-16-18-20-22-23-24-25-26-27-28-30-31-33-35-37-39-41-43-51(55)60-48-49(47-59-46-45-50(53(57)58)54(3,4)5)61-52(56)44-42-40-38-36-34-32-29-21-19-17-15-13-11-9-7-2/h17,19,49-50H,6-16,18,20-48H2,1-5H3/b19-17+. The highest BCUT2D eigenvalue weighted by Gasteiger charge is 2.25. The van der Waals surface area contributed by atoms with E-state index in [2.05, 4.69) is 26.0 Å². The van der Waals surface area contributed by atoms with Gasteiger partial charge >= 0.3 is 11.9 Å². The Bertz CT molecular complexity index is 1010. The molecule has 0 N–H and O–H groups in total. The van der Waals surface area contributed by atoms with Gasteiger partial charge in [0.05, 0.1) is 40.3 Å². The topological polar surface area (TPSA) is 102 Å². The highest BCUT2D eigenvalue weighted by Crippen LogP contribution is 2.17. The maximum absolute atomic E-state index is 12.8. The molecule has 0 bridgehead atoms. The molecule has 0 aromatic heterocycles. The molecule has 0 aromatic carbocycles. The molecule has 0 aliphatic heterocycles. The molecule has 0 fully saturated rings. The molecule has 0 heterocycles. The summed E-state index contributed by atoms with van der Waals surface area (Å²) in [6.07, 6.45) is 49.6. The number of carboxylic acids is 1. The number of quaternary nitrogens is 1. The second-order valence-corrected chi connectivity index (χ2v) is 19.1. The van der Waals surface area contributed by atoms with Gasteiger partial charge in [-0.15, -0.1) is 0 Å². The van der Waals surface area contributed by atoms with Crippen LogP contribution in [-0.2, 0) is 28.6 Å². The largest absolute Gasteiger partial charge is 0.544 e. The van der Waals surface area contributed by atoms with Gasteiger partial charge in [-0.1, -0.05) is 212 Å². The molecule has 8 nitrogen and oxygen atoms in total. The molecule has 61 heavy (non-hydrogen) atoms. The second kappa shape index (κ2) is 44.7. The van der Waals surface area contributed by atoms with Gasteiger partial charge in [-0.3, -0.25) is 9.59 Å². The van der Waals surface area contributed by atoms with Crippen LogP contribution >= 0.6 is 0 Å². The quantitative estimate of drug-likeness (QED) is 0.0260. The molecule has 0 aromatic rings. The minimum Gasteiger partial charge on any atom is -0.544 e. The van der Waals surface area contributed by atoms with Gasteiger partial charge in [0.1, 0.15) is 12.6 Å². The van der Waals surface area contributed by atoms with Crippen LogP contribution < -0.4 is 5.11 Å². The summed E-state index contributed by atoms with van der Waals surface area (Å²) in [5, 5.41) is 11.7. The minimum absolute atomic E-state index is 0.0450. The summed E-state index contributed by atoms with van der Waals surface area (Å²) in [4.78, 5) is 37.0. The molecule has 2 atom stereocenters. The molecular formula is C53H101NO7. The summed E-state index contributed by atoms with van der Waals surface area (Å²) in [5.74, 6) is -1.72. The molecule has 0 radical (unpaired) electrons. The van der Waals surface area contributed by atoms with Gasteiger partial charge < -0.3 is 28.6 Å². The molecule has 8 heteroatoms. The predicted molar refractivity (Wildman–Crippen MR) is 254 cm³/mol. The van der Waals surface area contributed by atoms with E-state index in [1.807, 2.05) is 21.1 Å². The van der Waals surface area contributed by atoms with E-state index in [9.17, 15) is 19.5 Å². The summed E-state index contributed by atoms with van der Waals surface area (Å²) in [6.45, 7) is 4.69. The molecule has 0 saturated carbocycles. The molecule has 0 aliphatic rings. The van der Waals surface area contributed by atoms with Crippen molar-refractivity contribution in [2.45, 2.75) is 270 Å². The van der Waals surface area contributed by atoms with Gasteiger partial charge in [0.15, 0.2) is 6.10 Å². The van der Waals surface area contributed by atoms with Crippen molar-refractivity contribution in [1.29, 1.82) is 0 Å². The maximum atomic E-state index is 12.8.